The maximum atomic E-state index is 10.00. The van der Waals surface area contributed by atoms with Gasteiger partial charge < -0.3 is 10.0 Å². The van der Waals surface area contributed by atoms with Crippen LogP contribution in [0, 0.1) is 0 Å². The summed E-state index contributed by atoms with van der Waals surface area (Å²) in [6, 6.07) is 7.08. The van der Waals surface area contributed by atoms with Gasteiger partial charge in [-0.05, 0) is 68.8 Å². The molecule has 0 aromatic heterocycles. The van der Waals surface area contributed by atoms with Crippen molar-refractivity contribution >= 4 is 12.4 Å². The molecule has 1 aliphatic carbocycles. The first-order chi connectivity index (χ1) is 9.67. The number of aliphatic hydroxyl groups is 1. The van der Waals surface area contributed by atoms with Gasteiger partial charge in [-0.2, -0.15) is 0 Å². The molecule has 0 saturated carbocycles. The van der Waals surface area contributed by atoms with Gasteiger partial charge >= 0.3 is 0 Å². The van der Waals surface area contributed by atoms with Crippen molar-refractivity contribution in [3.8, 4) is 0 Å². The molecule has 0 fully saturated rings. The Bertz CT molecular complexity index is 427. The number of nitrogens with zero attached hydrogens (tertiary/aromatic N) is 1. The van der Waals surface area contributed by atoms with Crippen molar-refractivity contribution in [3.05, 3.63) is 34.9 Å². The van der Waals surface area contributed by atoms with E-state index < -0.39 is 0 Å². The Morgan fingerprint density at radius 1 is 1.24 bits per heavy atom. The normalized spacial score (nSPS) is 19.0. The highest BCUT2D eigenvalue weighted by molar-refractivity contribution is 5.85. The minimum Gasteiger partial charge on any atom is -0.389 e. The van der Waals surface area contributed by atoms with Crippen molar-refractivity contribution < 1.29 is 5.11 Å². The second kappa shape index (κ2) is 8.77. The zero-order chi connectivity index (χ0) is 14.5. The summed E-state index contributed by atoms with van der Waals surface area (Å²) in [5.41, 5.74) is 4.00. The fourth-order valence-corrected chi connectivity index (χ4v) is 3.55. The number of hydrogen-bond donors (Lipinski definition) is 1. The van der Waals surface area contributed by atoms with Crippen LogP contribution in [0.3, 0.4) is 0 Å². The standard InChI is InChI=1S/C18H29NO.ClH/c1-4-11-19(12-5-2)16-10-9-15-7-6-8-17(14(3)20)18(15)13-16;/h6-8,14,16,20H,4-5,9-13H2,1-3H3;1H/t14?,16-;/m0./s1. The van der Waals surface area contributed by atoms with Crippen LogP contribution in [0.15, 0.2) is 18.2 Å². The van der Waals surface area contributed by atoms with Crippen molar-refractivity contribution in [1.29, 1.82) is 0 Å². The van der Waals surface area contributed by atoms with Gasteiger partial charge in [0.15, 0.2) is 0 Å². The van der Waals surface area contributed by atoms with Gasteiger partial charge in [0.25, 0.3) is 0 Å². The number of aliphatic hydroxyl groups excluding tert-OH is 1. The summed E-state index contributed by atoms with van der Waals surface area (Å²) < 4.78 is 0. The molecule has 21 heavy (non-hydrogen) atoms. The molecule has 2 nitrogen and oxygen atoms in total. The highest BCUT2D eigenvalue weighted by atomic mass is 35.5. The van der Waals surface area contributed by atoms with Crippen LogP contribution in [0.4, 0.5) is 0 Å². The first kappa shape index (κ1) is 18.5. The van der Waals surface area contributed by atoms with E-state index in [1.165, 1.54) is 43.5 Å². The average molecular weight is 312 g/mol. The lowest BCUT2D eigenvalue weighted by molar-refractivity contribution is 0.174. The highest BCUT2D eigenvalue weighted by Gasteiger charge is 2.25. The molecule has 3 heteroatoms. The third kappa shape index (κ3) is 4.45. The summed E-state index contributed by atoms with van der Waals surface area (Å²) in [6.07, 6.45) is 5.62. The molecule has 2 atom stereocenters. The fraction of sp³-hybridized carbons (Fsp3) is 0.667. The van der Waals surface area contributed by atoms with E-state index in [0.717, 1.165) is 18.4 Å². The summed E-state index contributed by atoms with van der Waals surface area (Å²) in [4.78, 5) is 2.65. The second-order valence-corrected chi connectivity index (χ2v) is 6.09. The Morgan fingerprint density at radius 3 is 2.48 bits per heavy atom. The van der Waals surface area contributed by atoms with E-state index in [1.807, 2.05) is 6.92 Å². The van der Waals surface area contributed by atoms with E-state index in [2.05, 4.69) is 36.9 Å². The van der Waals surface area contributed by atoms with Gasteiger partial charge in [0.05, 0.1) is 6.10 Å². The van der Waals surface area contributed by atoms with Crippen molar-refractivity contribution in [1.82, 2.24) is 4.90 Å². The van der Waals surface area contributed by atoms with Crippen LogP contribution in [0.5, 0.6) is 0 Å². The molecule has 0 heterocycles. The van der Waals surface area contributed by atoms with Crippen molar-refractivity contribution in [3.63, 3.8) is 0 Å². The molecule has 0 aliphatic heterocycles. The molecular weight excluding hydrogens is 282 g/mol. The van der Waals surface area contributed by atoms with Gasteiger partial charge in [0.1, 0.15) is 0 Å². The van der Waals surface area contributed by atoms with Crippen LogP contribution >= 0.6 is 12.4 Å². The Balaban J connectivity index is 0.00000220. The molecule has 2 rings (SSSR count). The number of fused-ring (bicyclic) bond motifs is 1. The van der Waals surface area contributed by atoms with Crippen molar-refractivity contribution in [2.75, 3.05) is 13.1 Å². The maximum Gasteiger partial charge on any atom is 0.0764 e. The predicted octanol–water partition coefficient (Wildman–Crippen LogP) is 4.14. The van der Waals surface area contributed by atoms with Crippen molar-refractivity contribution in [2.24, 2.45) is 0 Å². The number of aryl methyl sites for hydroxylation is 1. The van der Waals surface area contributed by atoms with Gasteiger partial charge in [-0.1, -0.05) is 32.0 Å². The first-order valence-corrected chi connectivity index (χ1v) is 8.20. The molecule has 1 aliphatic rings. The molecule has 1 aromatic rings. The lowest BCUT2D eigenvalue weighted by Crippen LogP contribution is -2.40. The van der Waals surface area contributed by atoms with E-state index in [4.69, 9.17) is 0 Å². The summed E-state index contributed by atoms with van der Waals surface area (Å²) >= 11 is 0. The SMILES string of the molecule is CCCN(CCC)[C@H]1CCc2cccc(C(C)O)c2C1.Cl. The van der Waals surface area contributed by atoms with E-state index in [1.54, 1.807) is 0 Å². The monoisotopic (exact) mass is 311 g/mol. The van der Waals surface area contributed by atoms with E-state index in [9.17, 15) is 5.11 Å². The van der Waals surface area contributed by atoms with Gasteiger partial charge in [-0.15, -0.1) is 12.4 Å². The summed E-state index contributed by atoms with van der Waals surface area (Å²) in [6.45, 7) is 8.81. The lowest BCUT2D eigenvalue weighted by atomic mass is 9.83. The zero-order valence-corrected chi connectivity index (χ0v) is 14.5. The quantitative estimate of drug-likeness (QED) is 0.853. The van der Waals surface area contributed by atoms with Crippen LogP contribution in [-0.4, -0.2) is 29.1 Å². The highest BCUT2D eigenvalue weighted by Crippen LogP contribution is 2.30. The summed E-state index contributed by atoms with van der Waals surface area (Å²) in [5.74, 6) is 0. The molecule has 1 unspecified atom stereocenters. The largest absolute Gasteiger partial charge is 0.389 e. The minimum absolute atomic E-state index is 0. The average Bonchev–Trinajstić information content (AvgIpc) is 2.45. The van der Waals surface area contributed by atoms with Gasteiger partial charge in [0, 0.05) is 6.04 Å². The molecule has 0 saturated heterocycles. The zero-order valence-electron chi connectivity index (χ0n) is 13.6. The van der Waals surface area contributed by atoms with Crippen molar-refractivity contribution in [2.45, 2.75) is 65.0 Å². The number of hydrogen-bond acceptors (Lipinski definition) is 2. The van der Waals surface area contributed by atoms with Crippen LogP contribution in [0.25, 0.3) is 0 Å². The van der Waals surface area contributed by atoms with E-state index in [0.29, 0.717) is 6.04 Å². The molecule has 1 aromatic carbocycles. The van der Waals surface area contributed by atoms with Crippen LogP contribution < -0.4 is 0 Å². The summed E-state index contributed by atoms with van der Waals surface area (Å²) in [7, 11) is 0. The fourth-order valence-electron chi connectivity index (χ4n) is 3.55. The van der Waals surface area contributed by atoms with Crippen LogP contribution in [0.1, 0.15) is 62.8 Å². The Labute approximate surface area is 136 Å². The van der Waals surface area contributed by atoms with E-state index in [-0.39, 0.29) is 18.5 Å². The maximum absolute atomic E-state index is 10.00. The molecular formula is C18H30ClNO. The van der Waals surface area contributed by atoms with E-state index >= 15 is 0 Å². The molecule has 0 radical (unpaired) electrons. The Kier molecular flexibility index (Phi) is 7.72. The number of halogens is 1. The Hall–Kier alpha value is -0.570. The van der Waals surface area contributed by atoms with Gasteiger partial charge in [-0.25, -0.2) is 0 Å². The molecule has 0 spiro atoms. The molecule has 0 bridgehead atoms. The number of benzene rings is 1. The molecule has 0 amide bonds. The summed E-state index contributed by atoms with van der Waals surface area (Å²) in [5, 5.41) is 10.00. The third-order valence-corrected chi connectivity index (χ3v) is 4.48. The smallest absolute Gasteiger partial charge is 0.0764 e. The van der Waals surface area contributed by atoms with Crippen LogP contribution in [0.2, 0.25) is 0 Å². The predicted molar refractivity (Wildman–Crippen MR) is 92.3 cm³/mol. The Morgan fingerprint density at radius 2 is 1.90 bits per heavy atom. The molecule has 1 N–H and O–H groups in total. The van der Waals surface area contributed by atoms with Gasteiger partial charge in [0.2, 0.25) is 0 Å². The topological polar surface area (TPSA) is 23.5 Å². The lowest BCUT2D eigenvalue weighted by Gasteiger charge is -2.36. The van der Waals surface area contributed by atoms with Crippen LogP contribution in [-0.2, 0) is 12.8 Å². The van der Waals surface area contributed by atoms with Gasteiger partial charge in [-0.3, -0.25) is 0 Å². The third-order valence-electron chi connectivity index (χ3n) is 4.48. The molecule has 120 valence electrons. The number of rotatable bonds is 6. The minimum atomic E-state index is -0.352. The second-order valence-electron chi connectivity index (χ2n) is 6.09. The first-order valence-electron chi connectivity index (χ1n) is 8.20.